The van der Waals surface area contributed by atoms with Crippen LogP contribution in [0.2, 0.25) is 0 Å². The van der Waals surface area contributed by atoms with Gasteiger partial charge in [0.1, 0.15) is 11.3 Å². The van der Waals surface area contributed by atoms with Gasteiger partial charge in [-0.25, -0.2) is 9.97 Å². The van der Waals surface area contributed by atoms with E-state index in [1.807, 2.05) is 43.0 Å². The second-order valence-corrected chi connectivity index (χ2v) is 5.07. The molecule has 3 rings (SSSR count). The molecule has 0 atom stereocenters. The molecule has 0 spiro atoms. The zero-order valence-corrected chi connectivity index (χ0v) is 12.3. The molecule has 0 saturated carbocycles. The minimum atomic E-state index is 0.390. The molecule has 0 fully saturated rings. The monoisotopic (exact) mass is 289 g/mol. The average Bonchev–Trinajstić information content (AvgIpc) is 2.99. The van der Waals surface area contributed by atoms with Gasteiger partial charge in [0.15, 0.2) is 5.65 Å². The van der Waals surface area contributed by atoms with Crippen LogP contribution in [-0.2, 0) is 25.9 Å². The molecular weight excluding hydrogens is 274 g/mol. The first-order valence-electron chi connectivity index (χ1n) is 6.54. The first kappa shape index (κ1) is 13.1. The Hall–Kier alpha value is -1.88. The summed E-state index contributed by atoms with van der Waals surface area (Å²) in [4.78, 5) is 9.13. The van der Waals surface area contributed by atoms with Crippen LogP contribution in [0.1, 0.15) is 17.2 Å². The van der Waals surface area contributed by atoms with E-state index in [0.29, 0.717) is 5.88 Å². The largest absolute Gasteiger partial charge is 0.311 e. The van der Waals surface area contributed by atoms with E-state index in [1.165, 1.54) is 5.69 Å². The maximum Gasteiger partial charge on any atom is 0.160 e. The van der Waals surface area contributed by atoms with Crippen LogP contribution in [0.4, 0.5) is 0 Å². The molecule has 104 valence electrons. The summed E-state index contributed by atoms with van der Waals surface area (Å²) in [6.07, 6.45) is 2.69. The van der Waals surface area contributed by atoms with Crippen LogP contribution in [-0.4, -0.2) is 24.3 Å². The number of aromatic nitrogens is 5. The number of fused-ring (bicyclic) bond motifs is 1. The van der Waals surface area contributed by atoms with Crippen molar-refractivity contribution < 1.29 is 0 Å². The lowest BCUT2D eigenvalue weighted by molar-refractivity contribution is 0.631. The van der Waals surface area contributed by atoms with Crippen molar-refractivity contribution in [2.45, 2.75) is 25.8 Å². The number of alkyl halides is 1. The first-order valence-corrected chi connectivity index (χ1v) is 7.08. The normalized spacial score (nSPS) is 11.3. The van der Waals surface area contributed by atoms with Gasteiger partial charge in [-0.05, 0) is 25.1 Å². The van der Waals surface area contributed by atoms with Crippen molar-refractivity contribution in [3.05, 3.63) is 41.6 Å². The minimum Gasteiger partial charge on any atom is -0.311 e. The van der Waals surface area contributed by atoms with E-state index < -0.39 is 0 Å². The summed E-state index contributed by atoms with van der Waals surface area (Å²) in [5, 5.41) is 4.19. The number of nitrogens with zero attached hydrogens (tertiary/aromatic N) is 5. The van der Waals surface area contributed by atoms with Gasteiger partial charge in [0.05, 0.1) is 5.88 Å². The van der Waals surface area contributed by atoms with Crippen LogP contribution < -0.4 is 0 Å². The number of hydrogen-bond donors (Lipinski definition) is 0. The van der Waals surface area contributed by atoms with Crippen molar-refractivity contribution >= 4 is 22.8 Å². The summed E-state index contributed by atoms with van der Waals surface area (Å²) in [7, 11) is 1.95. The molecule has 0 aliphatic rings. The highest BCUT2D eigenvalue weighted by molar-refractivity contribution is 6.16. The molecule has 0 unspecified atom stereocenters. The number of hydrogen-bond acceptors (Lipinski definition) is 3. The predicted molar refractivity (Wildman–Crippen MR) is 78.7 cm³/mol. The third-order valence-corrected chi connectivity index (χ3v) is 3.68. The summed E-state index contributed by atoms with van der Waals surface area (Å²) in [6, 6.07) is 5.99. The molecule has 3 aromatic heterocycles. The summed E-state index contributed by atoms with van der Waals surface area (Å²) in [5.74, 6) is 1.25. The third kappa shape index (κ3) is 2.29. The average molecular weight is 290 g/mol. The van der Waals surface area contributed by atoms with Crippen LogP contribution >= 0.6 is 11.6 Å². The minimum absolute atomic E-state index is 0.390. The second-order valence-electron chi connectivity index (χ2n) is 4.80. The number of imidazole rings is 1. The van der Waals surface area contributed by atoms with Crippen LogP contribution in [0.15, 0.2) is 24.4 Å². The topological polar surface area (TPSA) is 48.5 Å². The zero-order chi connectivity index (χ0) is 14.1. The lowest BCUT2D eigenvalue weighted by atomic mass is 10.3. The van der Waals surface area contributed by atoms with Crippen molar-refractivity contribution in [3.8, 4) is 0 Å². The predicted octanol–water partition coefficient (Wildman–Crippen LogP) is 2.45. The fraction of sp³-hybridized carbons (Fsp3) is 0.357. The third-order valence-electron chi connectivity index (χ3n) is 3.44. The molecule has 0 aliphatic heterocycles. The Labute approximate surface area is 122 Å². The SMILES string of the molecule is Cc1ccc2nc(CCl)n(CCc3ccnn3C)c2n1. The maximum absolute atomic E-state index is 6.01. The van der Waals surface area contributed by atoms with Crippen LogP contribution in [0.5, 0.6) is 0 Å². The van der Waals surface area contributed by atoms with Gasteiger partial charge in [-0.2, -0.15) is 5.10 Å². The molecule has 20 heavy (non-hydrogen) atoms. The Balaban J connectivity index is 1.97. The van der Waals surface area contributed by atoms with E-state index >= 15 is 0 Å². The van der Waals surface area contributed by atoms with E-state index in [1.54, 1.807) is 0 Å². The van der Waals surface area contributed by atoms with E-state index in [4.69, 9.17) is 11.6 Å². The van der Waals surface area contributed by atoms with Crippen LogP contribution in [0.3, 0.4) is 0 Å². The van der Waals surface area contributed by atoms with E-state index in [2.05, 4.69) is 19.6 Å². The molecule has 0 aromatic carbocycles. The van der Waals surface area contributed by atoms with E-state index in [-0.39, 0.29) is 0 Å². The molecule has 3 heterocycles. The molecule has 5 nitrogen and oxygen atoms in total. The summed E-state index contributed by atoms with van der Waals surface area (Å²) in [6.45, 7) is 2.78. The lowest BCUT2D eigenvalue weighted by Gasteiger charge is -2.07. The number of halogens is 1. The second kappa shape index (κ2) is 5.25. The number of rotatable bonds is 4. The Morgan fingerprint density at radius 2 is 2.05 bits per heavy atom. The first-order chi connectivity index (χ1) is 9.69. The zero-order valence-electron chi connectivity index (χ0n) is 11.5. The summed E-state index contributed by atoms with van der Waals surface area (Å²) in [5.41, 5.74) is 3.97. The quantitative estimate of drug-likeness (QED) is 0.693. The molecule has 0 amide bonds. The van der Waals surface area contributed by atoms with Crippen molar-refractivity contribution in [2.75, 3.05) is 0 Å². The Kier molecular flexibility index (Phi) is 3.44. The highest BCUT2D eigenvalue weighted by Crippen LogP contribution is 2.17. The van der Waals surface area contributed by atoms with E-state index in [9.17, 15) is 0 Å². The van der Waals surface area contributed by atoms with Gasteiger partial charge >= 0.3 is 0 Å². The van der Waals surface area contributed by atoms with Gasteiger partial charge in [0, 0.05) is 37.6 Å². The van der Waals surface area contributed by atoms with Crippen molar-refractivity contribution in [2.24, 2.45) is 7.05 Å². The maximum atomic E-state index is 6.01. The fourth-order valence-electron chi connectivity index (χ4n) is 2.35. The van der Waals surface area contributed by atoms with Crippen LogP contribution in [0.25, 0.3) is 11.2 Å². The molecule has 0 radical (unpaired) electrons. The fourth-order valence-corrected chi connectivity index (χ4v) is 2.56. The molecule has 3 aromatic rings. The highest BCUT2D eigenvalue weighted by atomic mass is 35.5. The van der Waals surface area contributed by atoms with Crippen molar-refractivity contribution in [3.63, 3.8) is 0 Å². The summed E-state index contributed by atoms with van der Waals surface area (Å²) < 4.78 is 3.99. The Morgan fingerprint density at radius 3 is 2.75 bits per heavy atom. The molecule has 0 bridgehead atoms. The highest BCUT2D eigenvalue weighted by Gasteiger charge is 2.12. The molecule has 0 aliphatic carbocycles. The van der Waals surface area contributed by atoms with Crippen LogP contribution in [0, 0.1) is 6.92 Å². The van der Waals surface area contributed by atoms with Crippen molar-refractivity contribution in [1.29, 1.82) is 0 Å². The molecule has 0 saturated heterocycles. The van der Waals surface area contributed by atoms with Gasteiger partial charge in [0.25, 0.3) is 0 Å². The Bertz CT molecular complexity index is 743. The van der Waals surface area contributed by atoms with Gasteiger partial charge in [-0.3, -0.25) is 4.68 Å². The smallest absolute Gasteiger partial charge is 0.160 e. The van der Waals surface area contributed by atoms with Gasteiger partial charge < -0.3 is 4.57 Å². The van der Waals surface area contributed by atoms with Gasteiger partial charge in [0.2, 0.25) is 0 Å². The van der Waals surface area contributed by atoms with Gasteiger partial charge in [-0.15, -0.1) is 11.6 Å². The van der Waals surface area contributed by atoms with Gasteiger partial charge in [-0.1, -0.05) is 0 Å². The molecular formula is C14H16ClN5. The summed E-state index contributed by atoms with van der Waals surface area (Å²) >= 11 is 6.01. The Morgan fingerprint density at radius 1 is 1.20 bits per heavy atom. The standard InChI is InChI=1S/C14H16ClN5/c1-10-3-4-12-14(17-10)20(13(9-15)18-12)8-6-11-5-7-16-19(11)2/h3-5,7H,6,8-9H2,1-2H3. The lowest BCUT2D eigenvalue weighted by Crippen LogP contribution is -2.08. The van der Waals surface area contributed by atoms with Crippen molar-refractivity contribution in [1.82, 2.24) is 24.3 Å². The molecule has 0 N–H and O–H groups in total. The molecule has 6 heteroatoms. The number of aryl methyl sites for hydroxylation is 4. The van der Waals surface area contributed by atoms with E-state index in [0.717, 1.165) is 35.6 Å². The number of pyridine rings is 1.